The van der Waals surface area contributed by atoms with Crippen molar-refractivity contribution in [2.45, 2.75) is 24.9 Å². The number of methoxy groups -OCH3 is 2. The first-order valence-corrected chi connectivity index (χ1v) is 14.5. The number of rotatable bonds is 3. The molecule has 1 unspecified atom stereocenters. The van der Waals surface area contributed by atoms with Crippen molar-refractivity contribution >= 4 is 40.0 Å². The lowest BCUT2D eigenvalue weighted by molar-refractivity contribution is -0.130. The van der Waals surface area contributed by atoms with Crippen molar-refractivity contribution in [1.29, 1.82) is 0 Å². The number of nitrogens with one attached hydrogen (secondary N) is 2. The van der Waals surface area contributed by atoms with Gasteiger partial charge in [0.15, 0.2) is 5.75 Å². The monoisotopic (exact) mass is 633 g/mol. The molecule has 232 valence electrons. The number of fused-ring (bicyclic) bond motifs is 3. The zero-order chi connectivity index (χ0) is 32.3. The minimum atomic E-state index is -2.03. The fourth-order valence-electron chi connectivity index (χ4n) is 7.00. The van der Waals surface area contributed by atoms with Crippen molar-refractivity contribution in [3.63, 3.8) is 0 Å². The van der Waals surface area contributed by atoms with Crippen LogP contribution in [0.1, 0.15) is 40.7 Å². The summed E-state index contributed by atoms with van der Waals surface area (Å²) in [6, 6.07) is 6.66. The topological polar surface area (TPSA) is 156 Å². The lowest BCUT2D eigenvalue weighted by Gasteiger charge is -2.42. The van der Waals surface area contributed by atoms with E-state index in [2.05, 4.69) is 10.3 Å². The fraction of sp³-hybridized carbons (Fsp3) is 0.323. The third-order valence-corrected chi connectivity index (χ3v) is 9.72. The van der Waals surface area contributed by atoms with Gasteiger partial charge in [-0.05, 0) is 24.1 Å². The maximum Gasteiger partial charge on any atom is 0.329 e. The predicted octanol–water partition coefficient (Wildman–Crippen LogP) is 2.37. The van der Waals surface area contributed by atoms with Crippen molar-refractivity contribution in [2.75, 3.05) is 19.5 Å². The molecule has 7 rings (SSSR count). The van der Waals surface area contributed by atoms with E-state index < -0.39 is 40.3 Å². The number of H-pyrrole nitrogens is 1. The zero-order valence-corrected chi connectivity index (χ0v) is 25.9. The second-order valence-corrected chi connectivity index (χ2v) is 12.0. The van der Waals surface area contributed by atoms with Gasteiger partial charge >= 0.3 is 11.4 Å². The minimum Gasteiger partial charge on any atom is -0.496 e. The van der Waals surface area contributed by atoms with Crippen molar-refractivity contribution in [1.82, 2.24) is 18.7 Å². The highest BCUT2D eigenvalue weighted by Crippen LogP contribution is 2.56. The Morgan fingerprint density at radius 2 is 1.62 bits per heavy atom. The average molecular weight is 634 g/mol. The van der Waals surface area contributed by atoms with Gasteiger partial charge < -0.3 is 19.5 Å². The average Bonchev–Trinajstić information content (AvgIpc) is 3.45. The molecule has 0 fully saturated rings. The number of aromatic nitrogens is 4. The number of Topliss-reactive ketones (excluding diaryl/α,β-unsaturated/α-hetero) is 2. The Bertz CT molecular complexity index is 2260. The molecule has 3 aliphatic rings. The first-order valence-electron chi connectivity index (χ1n) is 14.1. The fourth-order valence-corrected chi connectivity index (χ4v) is 7.27. The normalized spacial score (nSPS) is 21.8. The lowest BCUT2D eigenvalue weighted by atomic mass is 9.66. The number of carbonyl (C=O) groups excluding carboxylic acids is 2. The van der Waals surface area contributed by atoms with Crippen molar-refractivity contribution < 1.29 is 23.8 Å². The van der Waals surface area contributed by atoms with Gasteiger partial charge in [0.25, 0.3) is 5.56 Å². The number of halogens is 1. The van der Waals surface area contributed by atoms with Gasteiger partial charge in [-0.2, -0.15) is 0 Å². The quantitative estimate of drug-likeness (QED) is 0.324. The summed E-state index contributed by atoms with van der Waals surface area (Å²) < 4.78 is 21.4. The van der Waals surface area contributed by atoms with Crippen LogP contribution in [0.2, 0.25) is 5.02 Å². The molecule has 13 nitrogen and oxygen atoms in total. The maximum atomic E-state index is 15.0. The number of benzene rings is 2. The number of ketones is 2. The van der Waals surface area contributed by atoms with Gasteiger partial charge in [-0.25, -0.2) is 9.59 Å². The number of aromatic amines is 1. The maximum absolute atomic E-state index is 15.0. The third-order valence-electron chi connectivity index (χ3n) is 9.37. The van der Waals surface area contributed by atoms with Gasteiger partial charge in [0, 0.05) is 50.3 Å². The lowest BCUT2D eigenvalue weighted by Crippen LogP contribution is -2.58. The molecule has 0 saturated carbocycles. The molecule has 0 radical (unpaired) electrons. The van der Waals surface area contributed by atoms with Crippen LogP contribution in [0.5, 0.6) is 17.2 Å². The number of hydrogen-bond donors (Lipinski definition) is 2. The van der Waals surface area contributed by atoms with E-state index in [1.54, 1.807) is 39.2 Å². The molecule has 0 amide bonds. The molecule has 4 aromatic rings. The molecular formula is C31H28ClN5O8. The second kappa shape index (κ2) is 9.48. The Kier molecular flexibility index (Phi) is 6.05. The SMILES string of the molecule is COc1cc(OC)c2c(c1Cl)O[C@@]1(C(=O)C3=C(C[C@H]1C)Nc1c(c(=O)[nH]c(=O)n1C)C3c1ccc3c(c1)n(C)c(=O)n3C)C2=O. The van der Waals surface area contributed by atoms with E-state index in [1.807, 2.05) is 0 Å². The number of anilines is 1. The van der Waals surface area contributed by atoms with Crippen LogP contribution < -0.4 is 36.5 Å². The van der Waals surface area contributed by atoms with E-state index in [-0.39, 0.29) is 56.9 Å². The van der Waals surface area contributed by atoms with Gasteiger partial charge in [0.1, 0.15) is 27.9 Å². The summed E-state index contributed by atoms with van der Waals surface area (Å²) >= 11 is 6.61. The summed E-state index contributed by atoms with van der Waals surface area (Å²) in [5.74, 6) is -2.48. The van der Waals surface area contributed by atoms with Crippen LogP contribution in [0.15, 0.2) is 49.9 Å². The molecule has 14 heteroatoms. The highest BCUT2D eigenvalue weighted by Gasteiger charge is 2.63. The summed E-state index contributed by atoms with van der Waals surface area (Å²) in [7, 11) is 7.58. The summed E-state index contributed by atoms with van der Waals surface area (Å²) in [6.45, 7) is 1.72. The zero-order valence-electron chi connectivity index (χ0n) is 25.2. The van der Waals surface area contributed by atoms with E-state index in [0.29, 0.717) is 22.3 Å². The Morgan fingerprint density at radius 3 is 2.31 bits per heavy atom. The van der Waals surface area contributed by atoms with E-state index in [1.165, 1.54) is 41.0 Å². The first-order chi connectivity index (χ1) is 21.4. The van der Waals surface area contributed by atoms with Crippen LogP contribution in [0.3, 0.4) is 0 Å². The van der Waals surface area contributed by atoms with Gasteiger partial charge in [0.05, 0.1) is 30.8 Å². The number of imidazole rings is 1. The largest absolute Gasteiger partial charge is 0.496 e. The Labute approximate surface area is 259 Å². The van der Waals surface area contributed by atoms with E-state index in [9.17, 15) is 24.0 Å². The van der Waals surface area contributed by atoms with E-state index >= 15 is 0 Å². The molecule has 0 saturated heterocycles. The van der Waals surface area contributed by atoms with Crippen LogP contribution in [0, 0.1) is 5.92 Å². The highest BCUT2D eigenvalue weighted by atomic mass is 35.5. The van der Waals surface area contributed by atoms with Crippen LogP contribution in [0.25, 0.3) is 11.0 Å². The molecule has 3 atom stereocenters. The summed E-state index contributed by atoms with van der Waals surface area (Å²) in [4.78, 5) is 70.7. The van der Waals surface area contributed by atoms with Crippen LogP contribution in [0.4, 0.5) is 5.82 Å². The molecule has 2 aromatic heterocycles. The summed E-state index contributed by atoms with van der Waals surface area (Å²) in [5, 5.41) is 3.19. The highest BCUT2D eigenvalue weighted by molar-refractivity contribution is 6.36. The number of allylic oxidation sites excluding steroid dienone is 1. The molecule has 4 heterocycles. The van der Waals surface area contributed by atoms with E-state index in [4.69, 9.17) is 25.8 Å². The van der Waals surface area contributed by atoms with Crippen LogP contribution in [-0.2, 0) is 25.9 Å². The number of hydrogen-bond acceptors (Lipinski definition) is 9. The molecule has 1 aliphatic carbocycles. The molecular weight excluding hydrogens is 606 g/mol. The number of nitrogens with zero attached hydrogens (tertiary/aromatic N) is 3. The molecule has 2 aromatic carbocycles. The molecule has 45 heavy (non-hydrogen) atoms. The van der Waals surface area contributed by atoms with Crippen molar-refractivity contribution in [3.8, 4) is 17.2 Å². The Balaban J connectivity index is 1.50. The molecule has 2 aliphatic heterocycles. The first kappa shape index (κ1) is 28.7. The van der Waals surface area contributed by atoms with Gasteiger partial charge in [0.2, 0.25) is 17.2 Å². The van der Waals surface area contributed by atoms with Crippen LogP contribution in [-0.4, -0.2) is 50.1 Å². The Morgan fingerprint density at radius 1 is 0.933 bits per heavy atom. The summed E-state index contributed by atoms with van der Waals surface area (Å²) in [5.41, 5.74) is -1.20. The predicted molar refractivity (Wildman–Crippen MR) is 164 cm³/mol. The minimum absolute atomic E-state index is 0.0175. The standard InChI is InChI=1S/C31H28ClN5O8/c1-12-9-14-20(25(38)31(12)26(39)21-17(43-5)11-18(44-6)23(32)24(21)45-31)19(22-27(33-14)37(4)29(41)34-28(22)40)13-7-8-15-16(10-13)36(3)30(42)35(15)2/h7-8,10-12,19,33H,9H2,1-6H3,(H,34,40,41)/t12-,19?,31+/m1/s1. The Hall–Kier alpha value is -5.04. The number of ether oxygens (including phenoxy) is 3. The molecule has 1 spiro atoms. The van der Waals surface area contributed by atoms with Crippen molar-refractivity contribution in [2.24, 2.45) is 27.1 Å². The van der Waals surface area contributed by atoms with Gasteiger partial charge in [-0.3, -0.25) is 33.1 Å². The van der Waals surface area contributed by atoms with Gasteiger partial charge in [-0.1, -0.05) is 24.6 Å². The number of aryl methyl sites for hydroxylation is 2. The smallest absolute Gasteiger partial charge is 0.329 e. The molecule has 0 bridgehead atoms. The van der Waals surface area contributed by atoms with E-state index in [0.717, 1.165) is 0 Å². The molecule has 2 N–H and O–H groups in total. The van der Waals surface area contributed by atoms with Crippen molar-refractivity contribution in [3.05, 3.63) is 88.6 Å². The van der Waals surface area contributed by atoms with Crippen LogP contribution >= 0.6 is 11.6 Å². The van der Waals surface area contributed by atoms with Gasteiger partial charge in [-0.15, -0.1) is 0 Å². The summed E-state index contributed by atoms with van der Waals surface area (Å²) in [6.07, 6.45) is 0.154. The third kappa shape index (κ3) is 3.52. The number of carbonyl (C=O) groups is 2. The second-order valence-electron chi connectivity index (χ2n) is 11.6.